The van der Waals surface area contributed by atoms with Gasteiger partial charge in [0.05, 0.1) is 11.6 Å². The SMILES string of the molecule is CCC1CCCC(Nc2ccc(C#N)cc2)C1. The van der Waals surface area contributed by atoms with Crippen LogP contribution < -0.4 is 5.32 Å². The minimum absolute atomic E-state index is 0.613. The number of hydrogen-bond donors (Lipinski definition) is 1. The summed E-state index contributed by atoms with van der Waals surface area (Å²) in [7, 11) is 0. The predicted molar refractivity (Wildman–Crippen MR) is 70.8 cm³/mol. The van der Waals surface area contributed by atoms with Gasteiger partial charge in [-0.05, 0) is 43.0 Å². The van der Waals surface area contributed by atoms with Crippen LogP contribution in [0.5, 0.6) is 0 Å². The average Bonchev–Trinajstić information content (AvgIpc) is 2.40. The number of benzene rings is 1. The molecular weight excluding hydrogens is 208 g/mol. The van der Waals surface area contributed by atoms with E-state index < -0.39 is 0 Å². The molecular formula is C15H20N2. The molecule has 0 aliphatic heterocycles. The number of nitriles is 1. The molecule has 2 atom stereocenters. The highest BCUT2D eigenvalue weighted by Crippen LogP contribution is 2.28. The van der Waals surface area contributed by atoms with Gasteiger partial charge in [0.2, 0.25) is 0 Å². The molecule has 0 radical (unpaired) electrons. The lowest BCUT2D eigenvalue weighted by Crippen LogP contribution is -2.26. The fraction of sp³-hybridized carbons (Fsp3) is 0.533. The molecule has 1 aromatic rings. The van der Waals surface area contributed by atoms with Crippen molar-refractivity contribution >= 4 is 5.69 Å². The molecule has 2 nitrogen and oxygen atoms in total. The van der Waals surface area contributed by atoms with Gasteiger partial charge < -0.3 is 5.32 Å². The van der Waals surface area contributed by atoms with Crippen molar-refractivity contribution in [1.82, 2.24) is 0 Å². The molecule has 0 aromatic heterocycles. The normalized spacial score (nSPS) is 24.0. The van der Waals surface area contributed by atoms with E-state index in [1.807, 2.05) is 24.3 Å². The highest BCUT2D eigenvalue weighted by Gasteiger charge is 2.20. The first kappa shape index (κ1) is 12.0. The number of nitrogens with one attached hydrogen (secondary N) is 1. The topological polar surface area (TPSA) is 35.8 Å². The molecule has 1 aliphatic carbocycles. The summed E-state index contributed by atoms with van der Waals surface area (Å²) in [6.45, 7) is 2.29. The van der Waals surface area contributed by atoms with Gasteiger partial charge in [-0.25, -0.2) is 0 Å². The van der Waals surface area contributed by atoms with Gasteiger partial charge in [-0.3, -0.25) is 0 Å². The van der Waals surface area contributed by atoms with Crippen LogP contribution >= 0.6 is 0 Å². The summed E-state index contributed by atoms with van der Waals surface area (Å²) in [6.07, 6.45) is 6.59. The molecule has 0 heterocycles. The molecule has 2 rings (SSSR count). The van der Waals surface area contributed by atoms with Crippen LogP contribution in [0.4, 0.5) is 5.69 Å². The van der Waals surface area contributed by atoms with E-state index in [1.165, 1.54) is 32.1 Å². The highest BCUT2D eigenvalue weighted by molar-refractivity contribution is 5.47. The molecule has 0 saturated heterocycles. The molecule has 1 N–H and O–H groups in total. The van der Waals surface area contributed by atoms with Crippen molar-refractivity contribution in [3.05, 3.63) is 29.8 Å². The standard InChI is InChI=1S/C15H20N2/c1-2-12-4-3-5-15(10-12)17-14-8-6-13(11-16)7-9-14/h6-9,12,15,17H,2-5,10H2,1H3. The Morgan fingerprint density at radius 3 is 2.71 bits per heavy atom. The van der Waals surface area contributed by atoms with Gasteiger partial charge in [-0.2, -0.15) is 5.26 Å². The maximum Gasteiger partial charge on any atom is 0.0991 e. The molecule has 17 heavy (non-hydrogen) atoms. The van der Waals surface area contributed by atoms with Gasteiger partial charge in [-0.1, -0.05) is 26.2 Å². The maximum absolute atomic E-state index is 8.75. The van der Waals surface area contributed by atoms with Gasteiger partial charge >= 0.3 is 0 Å². The third-order valence-corrected chi connectivity index (χ3v) is 3.74. The van der Waals surface area contributed by atoms with Crippen LogP contribution in [-0.4, -0.2) is 6.04 Å². The van der Waals surface area contributed by atoms with Crippen LogP contribution in [0.2, 0.25) is 0 Å². The Morgan fingerprint density at radius 1 is 1.29 bits per heavy atom. The van der Waals surface area contributed by atoms with Crippen molar-refractivity contribution in [3.63, 3.8) is 0 Å². The number of hydrogen-bond acceptors (Lipinski definition) is 2. The second-order valence-corrected chi connectivity index (χ2v) is 4.97. The van der Waals surface area contributed by atoms with Crippen LogP contribution in [0.25, 0.3) is 0 Å². The fourth-order valence-electron chi connectivity index (χ4n) is 2.67. The van der Waals surface area contributed by atoms with E-state index in [9.17, 15) is 0 Å². The molecule has 90 valence electrons. The zero-order valence-corrected chi connectivity index (χ0v) is 10.4. The monoisotopic (exact) mass is 228 g/mol. The van der Waals surface area contributed by atoms with Crippen LogP contribution in [0.3, 0.4) is 0 Å². The molecule has 1 aliphatic rings. The van der Waals surface area contributed by atoms with Crippen molar-refractivity contribution in [3.8, 4) is 6.07 Å². The minimum Gasteiger partial charge on any atom is -0.382 e. The van der Waals surface area contributed by atoms with E-state index in [1.54, 1.807) is 0 Å². The van der Waals surface area contributed by atoms with Gasteiger partial charge in [0.25, 0.3) is 0 Å². The smallest absolute Gasteiger partial charge is 0.0991 e. The maximum atomic E-state index is 8.75. The molecule has 0 spiro atoms. The number of anilines is 1. The van der Waals surface area contributed by atoms with E-state index >= 15 is 0 Å². The van der Waals surface area contributed by atoms with Crippen molar-refractivity contribution in [2.24, 2.45) is 5.92 Å². The van der Waals surface area contributed by atoms with Crippen LogP contribution in [0.15, 0.2) is 24.3 Å². The fourth-order valence-corrected chi connectivity index (χ4v) is 2.67. The zero-order chi connectivity index (χ0) is 12.1. The van der Waals surface area contributed by atoms with Gasteiger partial charge in [0, 0.05) is 11.7 Å². The summed E-state index contributed by atoms with van der Waals surface area (Å²) < 4.78 is 0. The molecule has 1 saturated carbocycles. The Kier molecular flexibility index (Phi) is 4.03. The Labute approximate surface area is 104 Å². The largest absolute Gasteiger partial charge is 0.382 e. The summed E-state index contributed by atoms with van der Waals surface area (Å²) in [5, 5.41) is 12.3. The number of nitrogens with zero attached hydrogens (tertiary/aromatic N) is 1. The summed E-state index contributed by atoms with van der Waals surface area (Å²) in [5.74, 6) is 0.889. The molecule has 0 amide bonds. The van der Waals surface area contributed by atoms with Crippen LogP contribution in [-0.2, 0) is 0 Å². The lowest BCUT2D eigenvalue weighted by molar-refractivity contribution is 0.327. The Balaban J connectivity index is 1.93. The Morgan fingerprint density at radius 2 is 2.06 bits per heavy atom. The van der Waals surface area contributed by atoms with E-state index in [4.69, 9.17) is 5.26 Å². The third kappa shape index (κ3) is 3.23. The lowest BCUT2D eigenvalue weighted by atomic mass is 9.84. The van der Waals surface area contributed by atoms with E-state index in [0.717, 1.165) is 17.2 Å². The van der Waals surface area contributed by atoms with Crippen molar-refractivity contribution in [1.29, 1.82) is 5.26 Å². The van der Waals surface area contributed by atoms with Crippen molar-refractivity contribution in [2.45, 2.75) is 45.1 Å². The van der Waals surface area contributed by atoms with Crippen LogP contribution in [0.1, 0.15) is 44.6 Å². The summed E-state index contributed by atoms with van der Waals surface area (Å²) in [6, 6.07) is 10.5. The zero-order valence-electron chi connectivity index (χ0n) is 10.4. The second-order valence-electron chi connectivity index (χ2n) is 4.97. The average molecular weight is 228 g/mol. The first-order chi connectivity index (χ1) is 8.31. The summed E-state index contributed by atoms with van der Waals surface area (Å²) in [5.41, 5.74) is 1.87. The molecule has 0 bridgehead atoms. The quantitative estimate of drug-likeness (QED) is 0.850. The van der Waals surface area contributed by atoms with E-state index in [0.29, 0.717) is 6.04 Å². The first-order valence-corrected chi connectivity index (χ1v) is 6.58. The molecule has 1 fully saturated rings. The number of rotatable bonds is 3. The first-order valence-electron chi connectivity index (χ1n) is 6.58. The van der Waals surface area contributed by atoms with Gasteiger partial charge in [0.15, 0.2) is 0 Å². The molecule has 2 heteroatoms. The Hall–Kier alpha value is -1.49. The Bertz CT molecular complexity index is 388. The van der Waals surface area contributed by atoms with E-state index in [-0.39, 0.29) is 0 Å². The predicted octanol–water partition coefficient (Wildman–Crippen LogP) is 3.94. The van der Waals surface area contributed by atoms with Crippen LogP contribution in [0, 0.1) is 17.2 Å². The van der Waals surface area contributed by atoms with Gasteiger partial charge in [0.1, 0.15) is 0 Å². The lowest BCUT2D eigenvalue weighted by Gasteiger charge is -2.29. The van der Waals surface area contributed by atoms with E-state index in [2.05, 4.69) is 18.3 Å². The summed E-state index contributed by atoms with van der Waals surface area (Å²) >= 11 is 0. The summed E-state index contributed by atoms with van der Waals surface area (Å²) in [4.78, 5) is 0. The minimum atomic E-state index is 0.613. The second kappa shape index (κ2) is 5.72. The highest BCUT2D eigenvalue weighted by atomic mass is 14.9. The molecule has 2 unspecified atom stereocenters. The van der Waals surface area contributed by atoms with Gasteiger partial charge in [-0.15, -0.1) is 0 Å². The van der Waals surface area contributed by atoms with Crippen molar-refractivity contribution < 1.29 is 0 Å². The molecule has 1 aromatic carbocycles. The third-order valence-electron chi connectivity index (χ3n) is 3.74. The van der Waals surface area contributed by atoms with Crippen molar-refractivity contribution in [2.75, 3.05) is 5.32 Å².